The van der Waals surface area contributed by atoms with Crippen molar-refractivity contribution in [2.75, 3.05) is 6.54 Å². The Morgan fingerprint density at radius 3 is 3.08 bits per heavy atom. The molecule has 0 bridgehead atoms. The van der Waals surface area contributed by atoms with Gasteiger partial charge in [0.05, 0.1) is 24.0 Å². The van der Waals surface area contributed by atoms with Crippen molar-refractivity contribution in [2.45, 2.75) is 19.9 Å². The zero-order chi connectivity index (χ0) is 8.72. The molecule has 2 heterocycles. The van der Waals surface area contributed by atoms with Crippen LogP contribution in [-0.2, 0) is 0 Å². The fourth-order valence-electron chi connectivity index (χ4n) is 1.40. The van der Waals surface area contributed by atoms with Gasteiger partial charge in [-0.2, -0.15) is 5.10 Å². The quantitative estimate of drug-likeness (QED) is 0.668. The van der Waals surface area contributed by atoms with Crippen molar-refractivity contribution in [3.8, 4) is 0 Å². The van der Waals surface area contributed by atoms with Crippen molar-refractivity contribution in [3.63, 3.8) is 0 Å². The molecule has 1 aliphatic rings. The van der Waals surface area contributed by atoms with E-state index in [1.165, 1.54) is 0 Å². The molecule has 3 nitrogen and oxygen atoms in total. The number of aromatic nitrogens is 2. The summed E-state index contributed by atoms with van der Waals surface area (Å²) in [6.45, 7) is 4.98. The lowest BCUT2D eigenvalue weighted by molar-refractivity contribution is 0.485. The van der Waals surface area contributed by atoms with Crippen LogP contribution in [-0.4, -0.2) is 22.0 Å². The molecule has 1 unspecified atom stereocenters. The topological polar surface area (TPSA) is 30.2 Å². The highest BCUT2D eigenvalue weighted by molar-refractivity contribution is 9.10. The van der Waals surface area contributed by atoms with Gasteiger partial charge in [-0.3, -0.25) is 9.67 Å². The normalized spacial score (nSPS) is 21.9. The second-order valence-corrected chi connectivity index (χ2v) is 3.88. The monoisotopic (exact) mass is 227 g/mol. The number of nitrogens with zero attached hydrogens (tertiary/aromatic N) is 3. The van der Waals surface area contributed by atoms with Gasteiger partial charge in [-0.25, -0.2) is 0 Å². The Hall–Kier alpha value is -0.640. The smallest absolute Gasteiger partial charge is 0.128 e. The molecule has 0 N–H and O–H groups in total. The summed E-state index contributed by atoms with van der Waals surface area (Å²) in [4.78, 5) is 4.40. The van der Waals surface area contributed by atoms with Gasteiger partial charge in [0.25, 0.3) is 0 Å². The lowest BCUT2D eigenvalue weighted by Crippen LogP contribution is -2.21. The lowest BCUT2D eigenvalue weighted by Gasteiger charge is -2.18. The molecule has 0 radical (unpaired) electrons. The maximum atomic E-state index is 4.40. The lowest BCUT2D eigenvalue weighted by atomic mass is 10.2. The van der Waals surface area contributed by atoms with Crippen molar-refractivity contribution in [1.29, 1.82) is 0 Å². The second kappa shape index (κ2) is 2.69. The average Bonchev–Trinajstić information content (AvgIpc) is 2.41. The van der Waals surface area contributed by atoms with Gasteiger partial charge in [-0.05, 0) is 35.8 Å². The van der Waals surface area contributed by atoms with Crippen LogP contribution in [0.5, 0.6) is 0 Å². The second-order valence-electron chi connectivity index (χ2n) is 3.07. The van der Waals surface area contributed by atoms with Crippen LogP contribution in [0.15, 0.2) is 15.7 Å². The largest absolute Gasteiger partial charge is 0.286 e. The number of aliphatic imine (C=N–C) groups is 1. The Morgan fingerprint density at radius 2 is 2.42 bits per heavy atom. The van der Waals surface area contributed by atoms with Gasteiger partial charge in [0.2, 0.25) is 0 Å². The van der Waals surface area contributed by atoms with E-state index in [1.807, 2.05) is 17.7 Å². The van der Waals surface area contributed by atoms with Crippen molar-refractivity contribution in [3.05, 3.63) is 16.4 Å². The summed E-state index contributed by atoms with van der Waals surface area (Å²) >= 11 is 3.36. The van der Waals surface area contributed by atoms with E-state index in [-0.39, 0.29) is 0 Å². The molecule has 1 aromatic rings. The maximum absolute atomic E-state index is 4.40. The van der Waals surface area contributed by atoms with Gasteiger partial charge < -0.3 is 0 Å². The van der Waals surface area contributed by atoms with Crippen LogP contribution in [0.3, 0.4) is 0 Å². The Kier molecular flexibility index (Phi) is 1.79. The molecule has 0 spiro atoms. The Bertz CT molecular complexity index is 340. The highest BCUT2D eigenvalue weighted by atomic mass is 79.9. The maximum Gasteiger partial charge on any atom is 0.128 e. The van der Waals surface area contributed by atoms with E-state index < -0.39 is 0 Å². The van der Waals surface area contributed by atoms with Crippen LogP contribution in [0.25, 0.3) is 0 Å². The summed E-state index contributed by atoms with van der Waals surface area (Å²) in [7, 11) is 0. The molecule has 12 heavy (non-hydrogen) atoms. The first-order valence-electron chi connectivity index (χ1n) is 3.95. The number of hydrogen-bond donors (Lipinski definition) is 0. The third-order valence-corrected chi connectivity index (χ3v) is 2.47. The fraction of sp³-hybridized carbons (Fsp3) is 0.500. The molecule has 1 aliphatic heterocycles. The first-order chi connectivity index (χ1) is 5.68. The molecular formula is C8H10BrN3. The Labute approximate surface area is 79.6 Å². The van der Waals surface area contributed by atoms with E-state index in [9.17, 15) is 0 Å². The van der Waals surface area contributed by atoms with Crippen LogP contribution in [0.2, 0.25) is 0 Å². The van der Waals surface area contributed by atoms with Gasteiger partial charge >= 0.3 is 0 Å². The summed E-state index contributed by atoms with van der Waals surface area (Å²) in [5.41, 5.74) is 2.20. The van der Waals surface area contributed by atoms with E-state index in [0.29, 0.717) is 6.04 Å². The van der Waals surface area contributed by atoms with Crippen molar-refractivity contribution in [1.82, 2.24) is 9.78 Å². The number of fused-ring (bicyclic) bond motifs is 1. The van der Waals surface area contributed by atoms with Crippen molar-refractivity contribution < 1.29 is 0 Å². The summed E-state index contributed by atoms with van der Waals surface area (Å²) in [5, 5.41) is 4.34. The molecular weight excluding hydrogens is 218 g/mol. The fourth-order valence-corrected chi connectivity index (χ4v) is 1.79. The molecule has 0 aromatic carbocycles. The van der Waals surface area contributed by atoms with E-state index >= 15 is 0 Å². The van der Waals surface area contributed by atoms with Gasteiger partial charge in [-0.15, -0.1) is 0 Å². The molecule has 0 fully saturated rings. The molecule has 0 aliphatic carbocycles. The van der Waals surface area contributed by atoms with Gasteiger partial charge in [0.1, 0.15) is 4.60 Å². The first-order valence-corrected chi connectivity index (χ1v) is 4.74. The summed E-state index contributed by atoms with van der Waals surface area (Å²) in [6, 6.07) is 2.39. The van der Waals surface area contributed by atoms with E-state index in [4.69, 9.17) is 0 Å². The third kappa shape index (κ3) is 1.10. The average molecular weight is 228 g/mol. The molecule has 2 rings (SSSR count). The van der Waals surface area contributed by atoms with Crippen LogP contribution in [0.1, 0.15) is 25.6 Å². The standard InChI is InChI=1S/C8H10BrN3/c1-5-4-10-6(2)7-3-8(9)11-12(5)7/h3,5H,4H2,1-2H3. The molecule has 4 heteroatoms. The number of halogens is 1. The zero-order valence-corrected chi connectivity index (χ0v) is 8.67. The minimum Gasteiger partial charge on any atom is -0.286 e. The van der Waals surface area contributed by atoms with Crippen LogP contribution < -0.4 is 0 Å². The summed E-state index contributed by atoms with van der Waals surface area (Å²) in [6.07, 6.45) is 0. The SMILES string of the molecule is CC1=NCC(C)n2nc(Br)cc21. The van der Waals surface area contributed by atoms with E-state index in [1.54, 1.807) is 0 Å². The molecule has 0 amide bonds. The Balaban J connectivity index is 2.57. The van der Waals surface area contributed by atoms with Crippen LogP contribution in [0.4, 0.5) is 0 Å². The van der Waals surface area contributed by atoms with Crippen LogP contribution >= 0.6 is 15.9 Å². The number of hydrogen-bond acceptors (Lipinski definition) is 2. The Morgan fingerprint density at radius 1 is 1.67 bits per heavy atom. The third-order valence-electron chi connectivity index (χ3n) is 2.09. The molecule has 0 saturated heterocycles. The van der Waals surface area contributed by atoms with Crippen molar-refractivity contribution in [2.24, 2.45) is 4.99 Å². The highest BCUT2D eigenvalue weighted by Gasteiger charge is 2.18. The van der Waals surface area contributed by atoms with Crippen LogP contribution in [0, 0.1) is 0 Å². The molecule has 0 saturated carbocycles. The minimum atomic E-state index is 0.384. The first kappa shape index (κ1) is 7.98. The van der Waals surface area contributed by atoms with Gasteiger partial charge in [-0.1, -0.05) is 0 Å². The van der Waals surface area contributed by atoms with Gasteiger partial charge in [0.15, 0.2) is 0 Å². The van der Waals surface area contributed by atoms with Crippen molar-refractivity contribution >= 4 is 21.6 Å². The molecule has 64 valence electrons. The van der Waals surface area contributed by atoms with E-state index in [0.717, 1.165) is 22.6 Å². The predicted octanol–water partition coefficient (Wildman–Crippen LogP) is 2.03. The summed E-state index contributed by atoms with van der Waals surface area (Å²) in [5.74, 6) is 0. The minimum absolute atomic E-state index is 0.384. The zero-order valence-electron chi connectivity index (χ0n) is 7.08. The predicted molar refractivity (Wildman–Crippen MR) is 51.7 cm³/mol. The molecule has 1 aromatic heterocycles. The number of rotatable bonds is 0. The summed E-state index contributed by atoms with van der Waals surface area (Å²) < 4.78 is 2.91. The van der Waals surface area contributed by atoms with Gasteiger partial charge in [0, 0.05) is 0 Å². The molecule has 1 atom stereocenters. The highest BCUT2D eigenvalue weighted by Crippen LogP contribution is 2.20. The van der Waals surface area contributed by atoms with E-state index in [2.05, 4.69) is 32.9 Å².